The quantitative estimate of drug-likeness (QED) is 0.0199. The number of carbonyl (C=O) groups excluding carboxylic acids is 3. The van der Waals surface area contributed by atoms with E-state index in [0.717, 1.165) is 83.5 Å². The Morgan fingerprint density at radius 2 is 0.683 bits per heavy atom. The van der Waals surface area contributed by atoms with E-state index in [0.29, 0.717) is 19.3 Å². The molecule has 360 valence electrons. The van der Waals surface area contributed by atoms with Gasteiger partial charge in [-0.05, 0) is 96.3 Å². The molecular formula is C57H96O6. The SMILES string of the molecule is CC\C=C/C=C\C=C/C=C\CCCCCC(=O)OCC(COC(=O)CCCCCCCCC/C=C\C/C=C\CCCCC)OC(=O)CCCCCCCCC/C=C\CCCCCC. The zero-order chi connectivity index (χ0) is 45.8. The molecule has 0 aliphatic heterocycles. The molecule has 0 aromatic rings. The van der Waals surface area contributed by atoms with E-state index < -0.39 is 6.10 Å². The molecule has 6 nitrogen and oxygen atoms in total. The Morgan fingerprint density at radius 1 is 0.349 bits per heavy atom. The van der Waals surface area contributed by atoms with Crippen molar-refractivity contribution in [2.45, 2.75) is 245 Å². The molecule has 0 spiro atoms. The molecule has 0 radical (unpaired) electrons. The fourth-order valence-electron chi connectivity index (χ4n) is 7.01. The Hall–Kier alpha value is -3.41. The Labute approximate surface area is 388 Å². The Kier molecular flexibility index (Phi) is 48.5. The van der Waals surface area contributed by atoms with Gasteiger partial charge in [0, 0.05) is 19.3 Å². The van der Waals surface area contributed by atoms with Gasteiger partial charge < -0.3 is 14.2 Å². The normalized spacial score (nSPS) is 12.7. The summed E-state index contributed by atoms with van der Waals surface area (Å²) in [5, 5.41) is 0. The van der Waals surface area contributed by atoms with Crippen LogP contribution < -0.4 is 0 Å². The zero-order valence-electron chi connectivity index (χ0n) is 41.1. The minimum atomic E-state index is -0.798. The van der Waals surface area contributed by atoms with Gasteiger partial charge in [0.2, 0.25) is 0 Å². The topological polar surface area (TPSA) is 78.9 Å². The lowest BCUT2D eigenvalue weighted by molar-refractivity contribution is -0.167. The number of unbranched alkanes of at least 4 members (excludes halogenated alkanes) is 24. The molecule has 0 aliphatic carbocycles. The van der Waals surface area contributed by atoms with E-state index in [2.05, 4.69) is 69.4 Å². The van der Waals surface area contributed by atoms with Crippen LogP contribution in [0.3, 0.4) is 0 Å². The lowest BCUT2D eigenvalue weighted by Crippen LogP contribution is -2.30. The maximum atomic E-state index is 12.8. The van der Waals surface area contributed by atoms with Crippen molar-refractivity contribution in [3.05, 3.63) is 85.1 Å². The first-order valence-corrected chi connectivity index (χ1v) is 26.1. The lowest BCUT2D eigenvalue weighted by atomic mass is 10.1. The van der Waals surface area contributed by atoms with Crippen LogP contribution in [0.25, 0.3) is 0 Å². The van der Waals surface area contributed by atoms with Crippen LogP contribution in [0.15, 0.2) is 85.1 Å². The highest BCUT2D eigenvalue weighted by atomic mass is 16.6. The van der Waals surface area contributed by atoms with Crippen molar-refractivity contribution in [1.82, 2.24) is 0 Å². The minimum Gasteiger partial charge on any atom is -0.462 e. The van der Waals surface area contributed by atoms with Gasteiger partial charge in [-0.15, -0.1) is 0 Å². The minimum absolute atomic E-state index is 0.0956. The summed E-state index contributed by atoms with van der Waals surface area (Å²) >= 11 is 0. The number of hydrogen-bond donors (Lipinski definition) is 0. The molecular weight excluding hydrogens is 781 g/mol. The predicted molar refractivity (Wildman–Crippen MR) is 270 cm³/mol. The highest BCUT2D eigenvalue weighted by Crippen LogP contribution is 2.14. The fourth-order valence-corrected chi connectivity index (χ4v) is 7.01. The van der Waals surface area contributed by atoms with Crippen molar-refractivity contribution in [3.63, 3.8) is 0 Å². The maximum Gasteiger partial charge on any atom is 0.306 e. The second kappa shape index (κ2) is 51.2. The van der Waals surface area contributed by atoms with Gasteiger partial charge in [-0.1, -0.05) is 209 Å². The fraction of sp³-hybridized carbons (Fsp3) is 0.702. The van der Waals surface area contributed by atoms with Gasteiger partial charge in [-0.25, -0.2) is 0 Å². The van der Waals surface area contributed by atoms with Crippen LogP contribution in [0, 0.1) is 0 Å². The largest absolute Gasteiger partial charge is 0.462 e. The maximum absolute atomic E-state index is 12.8. The molecule has 0 heterocycles. The number of carbonyl (C=O) groups is 3. The molecule has 63 heavy (non-hydrogen) atoms. The monoisotopic (exact) mass is 877 g/mol. The summed E-state index contributed by atoms with van der Waals surface area (Å²) in [6.07, 6.45) is 65.6. The average Bonchev–Trinajstić information content (AvgIpc) is 3.28. The van der Waals surface area contributed by atoms with Crippen molar-refractivity contribution in [2.75, 3.05) is 13.2 Å². The molecule has 0 fully saturated rings. The Morgan fingerprint density at radius 3 is 1.16 bits per heavy atom. The number of esters is 3. The van der Waals surface area contributed by atoms with Crippen LogP contribution in [0.4, 0.5) is 0 Å². The van der Waals surface area contributed by atoms with Crippen LogP contribution in [-0.4, -0.2) is 37.2 Å². The van der Waals surface area contributed by atoms with E-state index in [-0.39, 0.29) is 31.1 Å². The standard InChI is InChI=1S/C57H96O6/c1-4-7-10-13-16-19-22-25-27-28-30-32-35-38-41-44-47-50-56(59)62-53-54(52-61-55(58)49-46-43-40-37-34-31-24-21-18-15-12-9-6-3)63-57(60)51-48-45-42-39-36-33-29-26-23-20-17-14-11-8-5-2/h9,12,15-16,18-21,23-25,27,31,34,54H,4-8,10-11,13-14,17,22,26,28-30,32-33,35-53H2,1-3H3/b12-9-,18-15-,19-16-,23-20-,24-21-,27-25-,34-31-. The second-order valence-corrected chi connectivity index (χ2v) is 17.1. The molecule has 0 N–H and O–H groups in total. The number of allylic oxidation sites excluding steroid dienone is 14. The van der Waals surface area contributed by atoms with Gasteiger partial charge in [0.15, 0.2) is 6.10 Å². The Balaban J connectivity index is 4.45. The van der Waals surface area contributed by atoms with E-state index in [1.54, 1.807) is 0 Å². The summed E-state index contributed by atoms with van der Waals surface area (Å²) in [6.45, 7) is 6.41. The van der Waals surface area contributed by atoms with Crippen LogP contribution in [0.2, 0.25) is 0 Å². The van der Waals surface area contributed by atoms with Crippen molar-refractivity contribution < 1.29 is 28.6 Å². The van der Waals surface area contributed by atoms with Gasteiger partial charge in [0.05, 0.1) is 0 Å². The van der Waals surface area contributed by atoms with Crippen molar-refractivity contribution >= 4 is 17.9 Å². The van der Waals surface area contributed by atoms with Gasteiger partial charge >= 0.3 is 17.9 Å². The Bertz CT molecular complexity index is 1240. The molecule has 0 aromatic carbocycles. The number of hydrogen-bond acceptors (Lipinski definition) is 6. The molecule has 0 rings (SSSR count). The van der Waals surface area contributed by atoms with E-state index in [9.17, 15) is 14.4 Å². The first kappa shape index (κ1) is 59.6. The molecule has 0 bridgehead atoms. The summed E-state index contributed by atoms with van der Waals surface area (Å²) in [7, 11) is 0. The lowest BCUT2D eigenvalue weighted by Gasteiger charge is -2.18. The van der Waals surface area contributed by atoms with Crippen molar-refractivity contribution in [1.29, 1.82) is 0 Å². The molecule has 0 saturated heterocycles. The van der Waals surface area contributed by atoms with Gasteiger partial charge in [-0.3, -0.25) is 14.4 Å². The second-order valence-electron chi connectivity index (χ2n) is 17.1. The summed E-state index contributed by atoms with van der Waals surface area (Å²) in [4.78, 5) is 38.0. The third kappa shape index (κ3) is 49.5. The number of rotatable bonds is 46. The van der Waals surface area contributed by atoms with Gasteiger partial charge in [-0.2, -0.15) is 0 Å². The van der Waals surface area contributed by atoms with Crippen LogP contribution in [-0.2, 0) is 28.6 Å². The van der Waals surface area contributed by atoms with Crippen molar-refractivity contribution in [3.8, 4) is 0 Å². The van der Waals surface area contributed by atoms with Crippen LogP contribution in [0.5, 0.6) is 0 Å². The summed E-state index contributed by atoms with van der Waals surface area (Å²) < 4.78 is 16.8. The van der Waals surface area contributed by atoms with Gasteiger partial charge in [0.25, 0.3) is 0 Å². The molecule has 0 aliphatic rings. The van der Waals surface area contributed by atoms with E-state index >= 15 is 0 Å². The molecule has 1 atom stereocenters. The summed E-state index contributed by atoms with van der Waals surface area (Å²) in [5.41, 5.74) is 0. The molecule has 0 amide bonds. The molecule has 0 saturated carbocycles. The third-order valence-electron chi connectivity index (χ3n) is 10.9. The highest BCUT2D eigenvalue weighted by Gasteiger charge is 2.19. The molecule has 0 aromatic heterocycles. The van der Waals surface area contributed by atoms with Crippen LogP contribution in [0.1, 0.15) is 239 Å². The summed E-state index contributed by atoms with van der Waals surface area (Å²) in [5.74, 6) is -0.948. The first-order chi connectivity index (χ1) is 31.0. The van der Waals surface area contributed by atoms with Gasteiger partial charge in [0.1, 0.15) is 13.2 Å². The average molecular weight is 877 g/mol. The third-order valence-corrected chi connectivity index (χ3v) is 10.9. The predicted octanol–water partition coefficient (Wildman–Crippen LogP) is 17.2. The summed E-state index contributed by atoms with van der Waals surface area (Å²) in [6, 6.07) is 0. The molecule has 1 unspecified atom stereocenters. The molecule has 6 heteroatoms. The smallest absolute Gasteiger partial charge is 0.306 e. The highest BCUT2D eigenvalue weighted by molar-refractivity contribution is 5.71. The van der Waals surface area contributed by atoms with Crippen LogP contribution >= 0.6 is 0 Å². The first-order valence-electron chi connectivity index (χ1n) is 26.1. The van der Waals surface area contributed by atoms with E-state index in [4.69, 9.17) is 14.2 Å². The van der Waals surface area contributed by atoms with E-state index in [1.807, 2.05) is 36.5 Å². The zero-order valence-corrected chi connectivity index (χ0v) is 41.1. The van der Waals surface area contributed by atoms with Crippen molar-refractivity contribution in [2.24, 2.45) is 0 Å². The van der Waals surface area contributed by atoms with E-state index in [1.165, 1.54) is 116 Å². The number of ether oxygens (including phenoxy) is 3.